The van der Waals surface area contributed by atoms with Crippen LogP contribution in [0.15, 0.2) is 53.9 Å². The van der Waals surface area contributed by atoms with Crippen LogP contribution in [0.25, 0.3) is 17.5 Å². The maximum Gasteiger partial charge on any atom is 0.180 e. The van der Waals surface area contributed by atoms with Crippen molar-refractivity contribution in [3.05, 3.63) is 54.8 Å². The zero-order valence-electron chi connectivity index (χ0n) is 13.1. The van der Waals surface area contributed by atoms with Gasteiger partial charge in [0.25, 0.3) is 0 Å². The number of benzene rings is 1. The summed E-state index contributed by atoms with van der Waals surface area (Å²) in [4.78, 5) is 9.06. The molecular formula is C17H16N6O. The van der Waals surface area contributed by atoms with E-state index in [0.717, 1.165) is 16.9 Å². The van der Waals surface area contributed by atoms with E-state index >= 15 is 0 Å². The molecule has 7 heteroatoms. The molecule has 2 N–H and O–H groups in total. The molecule has 2 aromatic heterocycles. The molecule has 0 bridgehead atoms. The number of aromatic hydroxyl groups is 1. The molecule has 0 radical (unpaired) electrons. The van der Waals surface area contributed by atoms with E-state index in [1.165, 1.54) is 0 Å². The Hall–Kier alpha value is -3.35. The van der Waals surface area contributed by atoms with Crippen LogP contribution in [-0.4, -0.2) is 36.8 Å². The number of nitrogens with one attached hydrogen (secondary N) is 1. The minimum atomic E-state index is 0.201. The van der Waals surface area contributed by atoms with E-state index < -0.39 is 0 Å². The Labute approximate surface area is 138 Å². The fraction of sp³-hybridized carbons (Fsp3) is 0.118. The highest BCUT2D eigenvalue weighted by Gasteiger charge is 2.17. The van der Waals surface area contributed by atoms with Crippen molar-refractivity contribution in [1.29, 1.82) is 0 Å². The van der Waals surface area contributed by atoms with Crippen molar-refractivity contribution in [3.63, 3.8) is 0 Å². The number of hydrogen-bond donors (Lipinski definition) is 2. The topological polar surface area (TPSA) is 80.3 Å². The van der Waals surface area contributed by atoms with Crippen molar-refractivity contribution in [1.82, 2.24) is 19.3 Å². The van der Waals surface area contributed by atoms with Crippen LogP contribution in [0.2, 0.25) is 0 Å². The molecule has 120 valence electrons. The number of phenols is 1. The number of aryl methyl sites for hydroxylation is 1. The van der Waals surface area contributed by atoms with E-state index in [0.29, 0.717) is 18.2 Å². The van der Waals surface area contributed by atoms with Gasteiger partial charge in [-0.05, 0) is 18.2 Å². The summed E-state index contributed by atoms with van der Waals surface area (Å²) < 4.78 is 3.74. The molecule has 0 spiro atoms. The lowest BCUT2D eigenvalue weighted by Gasteiger charge is -2.10. The van der Waals surface area contributed by atoms with Gasteiger partial charge in [0.2, 0.25) is 0 Å². The average Bonchev–Trinajstić information content (AvgIpc) is 3.11. The van der Waals surface area contributed by atoms with Gasteiger partial charge in [-0.2, -0.15) is 5.10 Å². The quantitative estimate of drug-likeness (QED) is 0.759. The van der Waals surface area contributed by atoms with Gasteiger partial charge < -0.3 is 10.4 Å². The summed E-state index contributed by atoms with van der Waals surface area (Å²) in [6, 6.07) is 6.93. The third-order valence-electron chi connectivity index (χ3n) is 3.73. The molecule has 0 saturated carbocycles. The highest BCUT2D eigenvalue weighted by molar-refractivity contribution is 6.07. The number of aliphatic imine (C=N–C) groups is 1. The highest BCUT2D eigenvalue weighted by atomic mass is 16.3. The average molecular weight is 320 g/mol. The van der Waals surface area contributed by atoms with E-state index in [4.69, 9.17) is 0 Å². The molecule has 4 rings (SSSR count). The van der Waals surface area contributed by atoms with Crippen molar-refractivity contribution >= 4 is 17.7 Å². The van der Waals surface area contributed by atoms with Gasteiger partial charge in [-0.25, -0.2) is 4.98 Å². The van der Waals surface area contributed by atoms with Gasteiger partial charge in [0.05, 0.1) is 24.6 Å². The zero-order valence-corrected chi connectivity index (χ0v) is 13.1. The van der Waals surface area contributed by atoms with Crippen molar-refractivity contribution in [2.75, 3.05) is 11.9 Å². The predicted molar refractivity (Wildman–Crippen MR) is 92.9 cm³/mol. The molecule has 1 aliphatic rings. The van der Waals surface area contributed by atoms with Gasteiger partial charge in [0.15, 0.2) is 11.7 Å². The lowest BCUT2D eigenvalue weighted by molar-refractivity contribution is 0.475. The van der Waals surface area contributed by atoms with E-state index in [1.54, 1.807) is 22.9 Å². The molecule has 3 aromatic rings. The summed E-state index contributed by atoms with van der Waals surface area (Å²) >= 11 is 0. The smallest absolute Gasteiger partial charge is 0.180 e. The fourth-order valence-electron chi connectivity index (χ4n) is 2.64. The summed E-state index contributed by atoms with van der Waals surface area (Å²) in [6.07, 6.45) is 9.50. The van der Waals surface area contributed by atoms with Crippen LogP contribution in [0.4, 0.5) is 5.69 Å². The van der Waals surface area contributed by atoms with Crippen molar-refractivity contribution < 1.29 is 5.11 Å². The first-order valence-corrected chi connectivity index (χ1v) is 7.54. The Morgan fingerprint density at radius 1 is 1.25 bits per heavy atom. The molecule has 0 aliphatic carbocycles. The molecule has 0 unspecified atom stereocenters. The molecule has 1 aliphatic heterocycles. The highest BCUT2D eigenvalue weighted by Crippen LogP contribution is 2.23. The molecule has 0 amide bonds. The van der Waals surface area contributed by atoms with Crippen LogP contribution >= 0.6 is 0 Å². The standard InChI is InChI=1S/C17H16N6O/c1-22-11-12(9-20-22)15-10-19-17-16(18-6-3-7-23(15)17)21-13-4-2-5-14(24)8-13/h2-5,7-11,24H,6H2,1H3,(H,18,21). The molecule has 24 heavy (non-hydrogen) atoms. The first kappa shape index (κ1) is 14.3. The Kier molecular flexibility index (Phi) is 3.38. The number of nitrogens with zero attached hydrogens (tertiary/aromatic N) is 5. The van der Waals surface area contributed by atoms with Gasteiger partial charge in [-0.3, -0.25) is 14.2 Å². The van der Waals surface area contributed by atoms with Crippen LogP contribution in [0.5, 0.6) is 5.75 Å². The molecule has 0 fully saturated rings. The van der Waals surface area contributed by atoms with Gasteiger partial charge >= 0.3 is 0 Å². The van der Waals surface area contributed by atoms with Crippen LogP contribution < -0.4 is 5.32 Å². The van der Waals surface area contributed by atoms with Crippen LogP contribution in [0, 0.1) is 0 Å². The first-order valence-electron chi connectivity index (χ1n) is 7.54. The number of imidazole rings is 1. The predicted octanol–water partition coefficient (Wildman–Crippen LogP) is 2.33. The molecule has 7 nitrogen and oxygen atoms in total. The Morgan fingerprint density at radius 2 is 2.17 bits per heavy atom. The van der Waals surface area contributed by atoms with Crippen LogP contribution in [0.3, 0.4) is 0 Å². The summed E-state index contributed by atoms with van der Waals surface area (Å²) in [6.45, 7) is 0.553. The third-order valence-corrected chi connectivity index (χ3v) is 3.73. The first-order chi connectivity index (χ1) is 11.7. The van der Waals surface area contributed by atoms with E-state index in [-0.39, 0.29) is 5.75 Å². The second kappa shape index (κ2) is 5.69. The maximum absolute atomic E-state index is 9.63. The molecule has 3 heterocycles. The summed E-state index contributed by atoms with van der Waals surface area (Å²) in [5.41, 5.74) is 2.69. The van der Waals surface area contributed by atoms with E-state index in [2.05, 4.69) is 20.4 Å². The van der Waals surface area contributed by atoms with Crippen LogP contribution in [-0.2, 0) is 7.05 Å². The number of rotatable bonds is 2. The number of phenolic OH excluding ortho intramolecular Hbond substituents is 1. The fourth-order valence-corrected chi connectivity index (χ4v) is 2.64. The summed E-state index contributed by atoms with van der Waals surface area (Å²) in [5.74, 6) is 1.57. The van der Waals surface area contributed by atoms with Crippen molar-refractivity contribution in [2.24, 2.45) is 12.0 Å². The normalized spacial score (nSPS) is 13.3. The van der Waals surface area contributed by atoms with Gasteiger partial charge in [0, 0.05) is 36.8 Å². The van der Waals surface area contributed by atoms with Crippen molar-refractivity contribution in [2.45, 2.75) is 0 Å². The number of anilines is 1. The van der Waals surface area contributed by atoms with E-state index in [9.17, 15) is 5.11 Å². The van der Waals surface area contributed by atoms with Gasteiger partial charge in [-0.1, -0.05) is 6.07 Å². The summed E-state index contributed by atoms with van der Waals surface area (Å²) in [5, 5.41) is 17.1. The summed E-state index contributed by atoms with van der Waals surface area (Å²) in [7, 11) is 1.88. The number of hydrogen-bond acceptors (Lipinski definition) is 5. The molecule has 0 saturated heterocycles. The third kappa shape index (κ3) is 2.56. The number of fused-ring (bicyclic) bond motifs is 1. The SMILES string of the molecule is Cn1cc(-c2cnc3n2C=CCN=C3Nc2cccc(O)c2)cn1. The van der Waals surface area contributed by atoms with E-state index in [1.807, 2.05) is 48.5 Å². The van der Waals surface area contributed by atoms with Gasteiger partial charge in [-0.15, -0.1) is 0 Å². The minimum absolute atomic E-state index is 0.201. The number of aromatic nitrogens is 4. The largest absolute Gasteiger partial charge is 0.508 e. The Morgan fingerprint density at radius 3 is 2.96 bits per heavy atom. The second-order valence-electron chi connectivity index (χ2n) is 5.49. The lowest BCUT2D eigenvalue weighted by Crippen LogP contribution is -2.17. The molecular weight excluding hydrogens is 304 g/mol. The lowest BCUT2D eigenvalue weighted by atomic mass is 10.3. The molecule has 0 atom stereocenters. The Bertz CT molecular complexity index is 950. The second-order valence-corrected chi connectivity index (χ2v) is 5.49. The van der Waals surface area contributed by atoms with Crippen molar-refractivity contribution in [3.8, 4) is 17.0 Å². The Balaban J connectivity index is 1.73. The molecule has 1 aromatic carbocycles. The zero-order chi connectivity index (χ0) is 16.5. The maximum atomic E-state index is 9.63. The van der Waals surface area contributed by atoms with Crippen LogP contribution in [0.1, 0.15) is 5.82 Å². The monoisotopic (exact) mass is 320 g/mol. The number of amidine groups is 1. The minimum Gasteiger partial charge on any atom is -0.508 e. The van der Waals surface area contributed by atoms with Gasteiger partial charge in [0.1, 0.15) is 5.75 Å².